The third-order valence-corrected chi connectivity index (χ3v) is 9.59. The van der Waals surface area contributed by atoms with Crippen LogP contribution in [-0.4, -0.2) is 9.13 Å². The molecule has 0 bridgehead atoms. The number of nitrogens with zero attached hydrogens (tertiary/aromatic N) is 5. The Bertz CT molecular complexity index is 2970. The lowest BCUT2D eigenvalue weighted by molar-refractivity contribution is 1.18. The average molecular weight is 636 g/mol. The lowest BCUT2D eigenvalue weighted by atomic mass is 9.92. The molecule has 50 heavy (non-hydrogen) atoms. The molecule has 9 aromatic rings. The van der Waals surface area contributed by atoms with Gasteiger partial charge in [-0.1, -0.05) is 84.9 Å². The number of aromatic nitrogens is 2. The molecule has 0 aliphatic carbocycles. The van der Waals surface area contributed by atoms with E-state index in [0.29, 0.717) is 16.8 Å². The van der Waals surface area contributed by atoms with Gasteiger partial charge >= 0.3 is 0 Å². The van der Waals surface area contributed by atoms with E-state index in [-0.39, 0.29) is 0 Å². The molecular formula is C45H25N5. The van der Waals surface area contributed by atoms with Crippen molar-refractivity contribution in [3.63, 3.8) is 0 Å². The molecule has 0 radical (unpaired) electrons. The van der Waals surface area contributed by atoms with Crippen molar-refractivity contribution in [3.05, 3.63) is 174 Å². The van der Waals surface area contributed by atoms with E-state index >= 15 is 0 Å². The molecule has 0 aliphatic rings. The molecule has 0 unspecified atom stereocenters. The minimum Gasteiger partial charge on any atom is -0.310 e. The molecule has 7 aromatic carbocycles. The molecule has 0 amide bonds. The zero-order valence-corrected chi connectivity index (χ0v) is 26.7. The lowest BCUT2D eigenvalue weighted by Gasteiger charge is -2.18. The third kappa shape index (κ3) is 4.38. The zero-order valence-electron chi connectivity index (χ0n) is 26.7. The van der Waals surface area contributed by atoms with Gasteiger partial charge in [-0.3, -0.25) is 0 Å². The molecule has 0 spiro atoms. The van der Waals surface area contributed by atoms with Crippen LogP contribution in [0.4, 0.5) is 5.69 Å². The lowest BCUT2D eigenvalue weighted by Crippen LogP contribution is -1.99. The Morgan fingerprint density at radius 1 is 0.460 bits per heavy atom. The van der Waals surface area contributed by atoms with Gasteiger partial charge < -0.3 is 9.13 Å². The summed E-state index contributed by atoms with van der Waals surface area (Å²) in [6, 6.07) is 55.7. The summed E-state index contributed by atoms with van der Waals surface area (Å²) >= 11 is 0. The van der Waals surface area contributed by atoms with E-state index in [1.54, 1.807) is 0 Å². The van der Waals surface area contributed by atoms with Gasteiger partial charge in [0.2, 0.25) is 0 Å². The monoisotopic (exact) mass is 635 g/mol. The van der Waals surface area contributed by atoms with Gasteiger partial charge in [-0.2, -0.15) is 10.5 Å². The molecule has 0 saturated heterocycles. The molecule has 0 aliphatic heterocycles. The number of rotatable bonds is 4. The van der Waals surface area contributed by atoms with Crippen molar-refractivity contribution in [1.82, 2.24) is 9.13 Å². The predicted molar refractivity (Wildman–Crippen MR) is 202 cm³/mol. The van der Waals surface area contributed by atoms with Crippen LogP contribution in [0.15, 0.2) is 152 Å². The minimum absolute atomic E-state index is 0.567. The van der Waals surface area contributed by atoms with Gasteiger partial charge in [-0.25, -0.2) is 4.85 Å². The standard InChI is InChI=1S/C45H25N5/c1-48-32-19-20-38-36-13-4-7-16-42(36)50(45(38)26-32)44-22-18-29(27-46)23-39(44)35-12-3-2-11-34(35)31-9-8-10-33(25-31)49-41-15-6-5-14-37(41)40-24-30(28-47)17-21-43(40)49/h2-26H. The predicted octanol–water partition coefficient (Wildman–Crippen LogP) is 11.5. The van der Waals surface area contributed by atoms with Crippen LogP contribution in [0.25, 0.3) is 82.1 Å². The maximum absolute atomic E-state index is 10.1. The number of benzene rings is 7. The highest BCUT2D eigenvalue weighted by Gasteiger charge is 2.19. The molecule has 0 atom stereocenters. The Kier molecular flexibility index (Phi) is 6.56. The summed E-state index contributed by atoms with van der Waals surface area (Å²) in [7, 11) is 0. The molecule has 5 nitrogen and oxygen atoms in total. The van der Waals surface area contributed by atoms with Crippen LogP contribution in [0.3, 0.4) is 0 Å². The Balaban J connectivity index is 1.29. The summed E-state index contributed by atoms with van der Waals surface area (Å²) in [6.45, 7) is 7.72. The van der Waals surface area contributed by atoms with E-state index in [4.69, 9.17) is 6.57 Å². The van der Waals surface area contributed by atoms with Crippen molar-refractivity contribution >= 4 is 49.3 Å². The summed E-state index contributed by atoms with van der Waals surface area (Å²) in [5.41, 5.74) is 11.7. The summed E-state index contributed by atoms with van der Waals surface area (Å²) in [5, 5.41) is 24.0. The van der Waals surface area contributed by atoms with Crippen molar-refractivity contribution < 1.29 is 0 Å². The van der Waals surface area contributed by atoms with E-state index in [1.165, 1.54) is 0 Å². The van der Waals surface area contributed by atoms with Crippen molar-refractivity contribution in [1.29, 1.82) is 10.5 Å². The second kappa shape index (κ2) is 11.4. The Morgan fingerprint density at radius 2 is 1.10 bits per heavy atom. The maximum Gasteiger partial charge on any atom is 0.189 e. The first kappa shape index (κ1) is 28.8. The second-order valence-electron chi connectivity index (χ2n) is 12.3. The molecule has 2 heterocycles. The van der Waals surface area contributed by atoms with Crippen molar-refractivity contribution in [3.8, 4) is 45.8 Å². The molecule has 9 rings (SSSR count). The number of nitriles is 2. The highest BCUT2D eigenvalue weighted by Crippen LogP contribution is 2.41. The SMILES string of the molecule is [C-]#[N+]c1ccc2c3ccccc3n(-c3ccc(C#N)cc3-c3ccccc3-c3cccc(-n4c5ccccc5c5cc(C#N)ccc54)c3)c2c1. The molecule has 5 heteroatoms. The van der Waals surface area contributed by atoms with Gasteiger partial charge in [-0.05, 0) is 83.4 Å². The Morgan fingerprint density at radius 3 is 1.88 bits per heavy atom. The summed E-state index contributed by atoms with van der Waals surface area (Å²) in [4.78, 5) is 3.74. The van der Waals surface area contributed by atoms with E-state index < -0.39 is 0 Å². The van der Waals surface area contributed by atoms with Crippen molar-refractivity contribution in [2.45, 2.75) is 0 Å². The summed E-state index contributed by atoms with van der Waals surface area (Å²) in [6.07, 6.45) is 0. The molecule has 2 aromatic heterocycles. The smallest absolute Gasteiger partial charge is 0.189 e. The number of para-hydroxylation sites is 2. The highest BCUT2D eigenvalue weighted by atomic mass is 15.0. The first-order valence-corrected chi connectivity index (χ1v) is 16.3. The van der Waals surface area contributed by atoms with E-state index in [9.17, 15) is 10.5 Å². The first-order chi connectivity index (χ1) is 24.7. The Labute approximate surface area is 288 Å². The highest BCUT2D eigenvalue weighted by molar-refractivity contribution is 6.11. The average Bonchev–Trinajstić information content (AvgIpc) is 3.69. The number of hydrogen-bond acceptors (Lipinski definition) is 2. The topological polar surface area (TPSA) is 61.8 Å². The van der Waals surface area contributed by atoms with Crippen LogP contribution in [0.5, 0.6) is 0 Å². The van der Waals surface area contributed by atoms with Gasteiger partial charge in [0, 0.05) is 38.3 Å². The van der Waals surface area contributed by atoms with Gasteiger partial charge in [0.15, 0.2) is 5.69 Å². The van der Waals surface area contributed by atoms with Crippen LogP contribution in [-0.2, 0) is 0 Å². The molecule has 0 fully saturated rings. The molecular weight excluding hydrogens is 611 g/mol. The normalized spacial score (nSPS) is 11.1. The van der Waals surface area contributed by atoms with Crippen LogP contribution in [0.1, 0.15) is 11.1 Å². The second-order valence-corrected chi connectivity index (χ2v) is 12.3. The fourth-order valence-electron chi connectivity index (χ4n) is 7.41. The number of hydrogen-bond donors (Lipinski definition) is 0. The maximum atomic E-state index is 10.1. The first-order valence-electron chi connectivity index (χ1n) is 16.3. The largest absolute Gasteiger partial charge is 0.310 e. The van der Waals surface area contributed by atoms with Crippen molar-refractivity contribution in [2.75, 3.05) is 0 Å². The van der Waals surface area contributed by atoms with E-state index in [2.05, 4.69) is 86.8 Å². The molecule has 0 saturated carbocycles. The van der Waals surface area contributed by atoms with E-state index in [1.807, 2.05) is 91.0 Å². The van der Waals surface area contributed by atoms with Crippen LogP contribution >= 0.6 is 0 Å². The van der Waals surface area contributed by atoms with Gasteiger partial charge in [0.1, 0.15) is 0 Å². The quantitative estimate of drug-likeness (QED) is 0.181. The Hall–Kier alpha value is -7.39. The fraction of sp³-hybridized carbons (Fsp3) is 0. The van der Waals surface area contributed by atoms with Crippen LogP contribution in [0, 0.1) is 29.2 Å². The van der Waals surface area contributed by atoms with Gasteiger partial charge in [0.05, 0.1) is 52.1 Å². The minimum atomic E-state index is 0.567. The number of fused-ring (bicyclic) bond motifs is 6. The van der Waals surface area contributed by atoms with Crippen molar-refractivity contribution in [2.24, 2.45) is 0 Å². The van der Waals surface area contributed by atoms with E-state index in [0.717, 1.165) is 77.2 Å². The molecule has 230 valence electrons. The third-order valence-electron chi connectivity index (χ3n) is 9.59. The van der Waals surface area contributed by atoms with Gasteiger partial charge in [-0.15, -0.1) is 0 Å². The summed E-state index contributed by atoms with van der Waals surface area (Å²) < 4.78 is 4.48. The molecule has 0 N–H and O–H groups in total. The fourth-order valence-corrected chi connectivity index (χ4v) is 7.41. The summed E-state index contributed by atoms with van der Waals surface area (Å²) in [5.74, 6) is 0. The van der Waals surface area contributed by atoms with Gasteiger partial charge in [0.25, 0.3) is 0 Å². The zero-order chi connectivity index (χ0) is 33.8. The van der Waals surface area contributed by atoms with Crippen LogP contribution in [0.2, 0.25) is 0 Å². The van der Waals surface area contributed by atoms with Crippen LogP contribution < -0.4 is 0 Å².